The molecule has 3 nitrogen and oxygen atoms in total. The molecule has 0 aliphatic carbocycles. The highest BCUT2D eigenvalue weighted by Crippen LogP contribution is 2.30. The van der Waals surface area contributed by atoms with Crippen molar-refractivity contribution in [2.75, 3.05) is 0 Å². The van der Waals surface area contributed by atoms with Crippen molar-refractivity contribution >= 4 is 22.6 Å². The first-order valence-corrected chi connectivity index (χ1v) is 9.38. The molecule has 1 heterocycles. The lowest BCUT2D eigenvalue weighted by Gasteiger charge is -2.51. The van der Waals surface area contributed by atoms with Crippen molar-refractivity contribution in [1.29, 1.82) is 0 Å². The summed E-state index contributed by atoms with van der Waals surface area (Å²) in [5, 5.41) is 0. The van der Waals surface area contributed by atoms with Crippen molar-refractivity contribution in [2.45, 2.75) is 93.8 Å². The Hall–Kier alpha value is 0.0748. The Morgan fingerprint density at radius 1 is 0.696 bits per heavy atom. The molecular formula is C17H37B3N3. The lowest BCUT2D eigenvalue weighted by molar-refractivity contribution is 0.198. The molecule has 3 radical (unpaired) electrons. The van der Waals surface area contributed by atoms with Crippen LogP contribution in [0.15, 0.2) is 0 Å². The molecule has 1 aliphatic rings. The lowest BCUT2D eigenvalue weighted by Crippen LogP contribution is -2.69. The SMILES string of the molecule is CCC(C)(C)C(C)N1[B]N(C(C)C(C)C)[B]N(C(C)C(C)C)[B]1. The fourth-order valence-electron chi connectivity index (χ4n) is 2.56. The van der Waals surface area contributed by atoms with Crippen LogP contribution in [0.4, 0.5) is 0 Å². The quantitative estimate of drug-likeness (QED) is 0.667. The average Bonchev–Trinajstić information content (AvgIpc) is 2.51. The van der Waals surface area contributed by atoms with Crippen molar-refractivity contribution in [3.05, 3.63) is 0 Å². The van der Waals surface area contributed by atoms with Crippen LogP contribution in [0.3, 0.4) is 0 Å². The highest BCUT2D eigenvalue weighted by Gasteiger charge is 2.39. The van der Waals surface area contributed by atoms with Crippen molar-refractivity contribution in [3.63, 3.8) is 0 Å². The monoisotopic (exact) mass is 316 g/mol. The van der Waals surface area contributed by atoms with Gasteiger partial charge in [-0.3, -0.25) is 0 Å². The molecule has 1 rings (SSSR count). The van der Waals surface area contributed by atoms with Gasteiger partial charge in [-0.1, -0.05) is 69.2 Å². The minimum absolute atomic E-state index is 0.282. The third-order valence-corrected chi connectivity index (χ3v) is 6.16. The van der Waals surface area contributed by atoms with Crippen LogP contribution in [0.25, 0.3) is 0 Å². The maximum atomic E-state index is 2.42. The van der Waals surface area contributed by atoms with E-state index in [4.69, 9.17) is 0 Å². The van der Waals surface area contributed by atoms with Crippen molar-refractivity contribution in [2.24, 2.45) is 17.3 Å². The fourth-order valence-corrected chi connectivity index (χ4v) is 2.56. The fraction of sp³-hybridized carbons (Fsp3) is 1.00. The summed E-state index contributed by atoms with van der Waals surface area (Å²) in [7, 11) is 6.89. The second kappa shape index (κ2) is 8.44. The summed E-state index contributed by atoms with van der Waals surface area (Å²) in [5.41, 5.74) is 0.282. The minimum Gasteiger partial charge on any atom is -0.362 e. The second-order valence-corrected chi connectivity index (χ2v) is 8.68. The topological polar surface area (TPSA) is 9.72 Å². The van der Waals surface area contributed by atoms with Crippen molar-refractivity contribution < 1.29 is 0 Å². The van der Waals surface area contributed by atoms with Gasteiger partial charge >= 0.3 is 0 Å². The van der Waals surface area contributed by atoms with E-state index in [0.29, 0.717) is 30.0 Å². The molecule has 0 bridgehead atoms. The smallest absolute Gasteiger partial charge is 0.290 e. The van der Waals surface area contributed by atoms with Crippen LogP contribution in [0, 0.1) is 17.3 Å². The molecule has 0 aromatic rings. The van der Waals surface area contributed by atoms with Gasteiger partial charge < -0.3 is 14.2 Å². The Morgan fingerprint density at radius 3 is 1.35 bits per heavy atom. The molecule has 129 valence electrons. The van der Waals surface area contributed by atoms with Crippen LogP contribution in [0.5, 0.6) is 0 Å². The van der Waals surface area contributed by atoms with E-state index in [9.17, 15) is 0 Å². The predicted octanol–water partition coefficient (Wildman–Crippen LogP) is 3.42. The Morgan fingerprint density at radius 2 is 1.04 bits per heavy atom. The molecule has 0 amide bonds. The molecule has 6 heteroatoms. The van der Waals surface area contributed by atoms with Gasteiger partial charge in [0.05, 0.1) is 0 Å². The number of hydrogen-bond acceptors (Lipinski definition) is 3. The summed E-state index contributed by atoms with van der Waals surface area (Å²) in [5.74, 6) is 1.24. The van der Waals surface area contributed by atoms with Crippen LogP contribution in [0.1, 0.15) is 75.7 Å². The summed E-state index contributed by atoms with van der Waals surface area (Å²) in [6, 6.07) is 1.44. The summed E-state index contributed by atoms with van der Waals surface area (Å²) in [6.45, 7) is 23.2. The lowest BCUT2D eigenvalue weighted by atomic mass is 9.66. The largest absolute Gasteiger partial charge is 0.362 e. The first-order chi connectivity index (χ1) is 10.5. The third-order valence-electron chi connectivity index (χ3n) is 6.16. The zero-order valence-electron chi connectivity index (χ0n) is 17.2. The molecule has 0 aromatic heterocycles. The van der Waals surface area contributed by atoms with Gasteiger partial charge in [0, 0.05) is 0 Å². The van der Waals surface area contributed by atoms with E-state index in [1.807, 2.05) is 0 Å². The van der Waals surface area contributed by atoms with Crippen LogP contribution in [-0.2, 0) is 0 Å². The molecule has 1 fully saturated rings. The molecule has 3 unspecified atom stereocenters. The van der Waals surface area contributed by atoms with Crippen LogP contribution in [-0.4, -0.2) is 54.9 Å². The molecular weight excluding hydrogens is 279 g/mol. The molecule has 1 aliphatic heterocycles. The van der Waals surface area contributed by atoms with Gasteiger partial charge in [-0.05, 0) is 41.8 Å². The van der Waals surface area contributed by atoms with E-state index < -0.39 is 0 Å². The van der Waals surface area contributed by atoms with E-state index >= 15 is 0 Å². The van der Waals surface area contributed by atoms with E-state index in [1.54, 1.807) is 0 Å². The van der Waals surface area contributed by atoms with Crippen molar-refractivity contribution in [3.8, 4) is 0 Å². The zero-order chi connectivity index (χ0) is 17.9. The Kier molecular flexibility index (Phi) is 7.75. The van der Waals surface area contributed by atoms with Gasteiger partial charge in [-0.15, -0.1) is 0 Å². The van der Waals surface area contributed by atoms with Gasteiger partial charge in [0.1, 0.15) is 0 Å². The highest BCUT2D eigenvalue weighted by molar-refractivity contribution is 6.65. The van der Waals surface area contributed by atoms with Gasteiger partial charge in [0.25, 0.3) is 22.6 Å². The standard InChI is InChI=1S/C17H37B3N3/c1-11-17(9,10)16(8)23-19-21(14(6)12(2)3)18-22(20-23)15(7)13(4)5/h12-16H,11H2,1-10H3. The summed E-state index contributed by atoms with van der Waals surface area (Å²) >= 11 is 0. The first-order valence-electron chi connectivity index (χ1n) is 9.38. The summed E-state index contributed by atoms with van der Waals surface area (Å²) < 4.78 is 7.21. The Balaban J connectivity index is 2.97. The Labute approximate surface area is 148 Å². The van der Waals surface area contributed by atoms with E-state index in [-0.39, 0.29) is 5.41 Å². The summed E-state index contributed by atoms with van der Waals surface area (Å²) in [4.78, 5) is 0. The molecule has 0 aromatic carbocycles. The van der Waals surface area contributed by atoms with Gasteiger partial charge in [-0.25, -0.2) is 0 Å². The summed E-state index contributed by atoms with van der Waals surface area (Å²) in [6.07, 6.45) is 1.18. The van der Waals surface area contributed by atoms with E-state index in [2.05, 4.69) is 106 Å². The zero-order valence-corrected chi connectivity index (χ0v) is 17.2. The highest BCUT2D eigenvalue weighted by atomic mass is 15.3. The van der Waals surface area contributed by atoms with Crippen LogP contribution in [0.2, 0.25) is 0 Å². The average molecular weight is 316 g/mol. The number of hydrogen-bond donors (Lipinski definition) is 0. The van der Waals surface area contributed by atoms with E-state index in [0.717, 1.165) is 0 Å². The number of nitrogens with zero attached hydrogens (tertiary/aromatic N) is 3. The molecule has 0 N–H and O–H groups in total. The molecule has 0 saturated carbocycles. The molecule has 1 saturated heterocycles. The third kappa shape index (κ3) is 5.27. The van der Waals surface area contributed by atoms with Gasteiger partial charge in [-0.2, -0.15) is 0 Å². The van der Waals surface area contributed by atoms with Crippen molar-refractivity contribution in [1.82, 2.24) is 14.2 Å². The minimum atomic E-state index is 0.282. The maximum Gasteiger partial charge on any atom is 0.290 e. The molecule has 0 spiro atoms. The van der Waals surface area contributed by atoms with E-state index in [1.165, 1.54) is 6.42 Å². The van der Waals surface area contributed by atoms with Crippen LogP contribution >= 0.6 is 0 Å². The van der Waals surface area contributed by atoms with Gasteiger partial charge in [0.2, 0.25) is 0 Å². The normalized spacial score (nSPS) is 22.4. The Bertz CT molecular complexity index is 341. The van der Waals surface area contributed by atoms with Gasteiger partial charge in [0.15, 0.2) is 0 Å². The predicted molar refractivity (Wildman–Crippen MR) is 105 cm³/mol. The molecule has 23 heavy (non-hydrogen) atoms. The second-order valence-electron chi connectivity index (χ2n) is 8.68. The maximum absolute atomic E-state index is 2.42. The molecule has 3 atom stereocenters. The first kappa shape index (κ1) is 21.1. The number of rotatable bonds is 7. The van der Waals surface area contributed by atoms with Crippen LogP contribution < -0.4 is 0 Å².